The second kappa shape index (κ2) is 4.60. The maximum Gasteiger partial charge on any atom is 0.258 e. The summed E-state index contributed by atoms with van der Waals surface area (Å²) in [4.78, 5) is 10.8. The summed E-state index contributed by atoms with van der Waals surface area (Å²) in [5, 5.41) is 0. The fourth-order valence-electron chi connectivity index (χ4n) is 1.04. The van der Waals surface area contributed by atoms with E-state index in [-0.39, 0.29) is 5.75 Å². The van der Waals surface area contributed by atoms with Crippen LogP contribution < -0.4 is 10.5 Å². The minimum atomic E-state index is -0.771. The molecule has 0 spiro atoms. The fourth-order valence-corrected chi connectivity index (χ4v) is 1.04. The topological polar surface area (TPSA) is 52.3 Å². The predicted molar refractivity (Wildman–Crippen MR) is 50.3 cm³/mol. The molecule has 0 aliphatic heterocycles. The summed E-state index contributed by atoms with van der Waals surface area (Å²) >= 11 is 0. The van der Waals surface area contributed by atoms with Crippen LogP contribution in [0.3, 0.4) is 0 Å². The number of ether oxygens (including phenoxy) is 1. The van der Waals surface area contributed by atoms with E-state index in [0.717, 1.165) is 0 Å². The van der Waals surface area contributed by atoms with Crippen LogP contribution in [0.5, 0.6) is 5.75 Å². The van der Waals surface area contributed by atoms with Crippen molar-refractivity contribution in [3.63, 3.8) is 0 Å². The molecule has 3 nitrogen and oxygen atoms in total. The fraction of sp³-hybridized carbons (Fsp3) is 0.300. The maximum absolute atomic E-state index is 13.1. The molecule has 0 aromatic heterocycles. The third kappa shape index (κ3) is 2.45. The molecular weight excluding hydrogens is 185 g/mol. The van der Waals surface area contributed by atoms with Gasteiger partial charge in [-0.1, -0.05) is 19.1 Å². The Morgan fingerprint density at radius 1 is 1.57 bits per heavy atom. The van der Waals surface area contributed by atoms with Gasteiger partial charge in [-0.3, -0.25) is 4.79 Å². The van der Waals surface area contributed by atoms with Gasteiger partial charge in [-0.25, -0.2) is 4.39 Å². The maximum atomic E-state index is 13.1. The molecule has 0 saturated heterocycles. The van der Waals surface area contributed by atoms with Gasteiger partial charge < -0.3 is 10.5 Å². The number of rotatable bonds is 4. The number of amides is 1. The number of halogens is 1. The molecule has 2 N–H and O–H groups in total. The van der Waals surface area contributed by atoms with E-state index in [1.54, 1.807) is 19.1 Å². The summed E-state index contributed by atoms with van der Waals surface area (Å²) in [6.07, 6.45) is -0.351. The Kier molecular flexibility index (Phi) is 3.45. The first-order valence-corrected chi connectivity index (χ1v) is 4.35. The molecular formula is C10H12FNO2. The summed E-state index contributed by atoms with van der Waals surface area (Å²) in [6, 6.07) is 5.91. The molecule has 1 aromatic carbocycles. The second-order valence-corrected chi connectivity index (χ2v) is 2.85. The quantitative estimate of drug-likeness (QED) is 0.794. The molecule has 1 atom stereocenters. The normalized spacial score (nSPS) is 12.1. The van der Waals surface area contributed by atoms with Gasteiger partial charge in [0.15, 0.2) is 17.7 Å². The second-order valence-electron chi connectivity index (χ2n) is 2.85. The minimum absolute atomic E-state index is 0.0538. The zero-order valence-corrected chi connectivity index (χ0v) is 7.87. The number of carbonyl (C=O) groups excluding carboxylic acids is 1. The van der Waals surface area contributed by atoms with Crippen LogP contribution in [0.4, 0.5) is 4.39 Å². The summed E-state index contributed by atoms with van der Waals surface area (Å²) in [5.74, 6) is -1.03. The Labute approximate surface area is 81.7 Å². The number of para-hydroxylation sites is 1. The van der Waals surface area contributed by atoms with E-state index in [4.69, 9.17) is 10.5 Å². The Bertz CT molecular complexity index is 328. The van der Waals surface area contributed by atoms with Crippen LogP contribution >= 0.6 is 0 Å². The SMILES string of the molecule is CCC(Oc1ccccc1F)C(N)=O. The van der Waals surface area contributed by atoms with Gasteiger partial charge in [-0.2, -0.15) is 0 Å². The van der Waals surface area contributed by atoms with E-state index in [1.807, 2.05) is 0 Å². The Balaban J connectivity index is 2.77. The smallest absolute Gasteiger partial charge is 0.258 e. The van der Waals surface area contributed by atoms with Crippen LogP contribution in [0.15, 0.2) is 24.3 Å². The van der Waals surface area contributed by atoms with E-state index in [9.17, 15) is 9.18 Å². The molecule has 1 amide bonds. The lowest BCUT2D eigenvalue weighted by Gasteiger charge is -2.14. The van der Waals surface area contributed by atoms with Crippen molar-refractivity contribution in [3.8, 4) is 5.75 Å². The molecule has 0 heterocycles. The molecule has 0 aliphatic carbocycles. The van der Waals surface area contributed by atoms with Crippen molar-refractivity contribution in [1.82, 2.24) is 0 Å². The first-order valence-electron chi connectivity index (χ1n) is 4.35. The average molecular weight is 197 g/mol. The highest BCUT2D eigenvalue weighted by molar-refractivity contribution is 5.79. The lowest BCUT2D eigenvalue weighted by Crippen LogP contribution is -2.33. The van der Waals surface area contributed by atoms with Crippen molar-refractivity contribution in [2.24, 2.45) is 5.73 Å². The minimum Gasteiger partial charge on any atom is -0.478 e. The molecule has 76 valence electrons. The van der Waals surface area contributed by atoms with Crippen molar-refractivity contribution in [1.29, 1.82) is 0 Å². The molecule has 1 unspecified atom stereocenters. The van der Waals surface area contributed by atoms with Gasteiger partial charge in [0.05, 0.1) is 0 Å². The van der Waals surface area contributed by atoms with Crippen molar-refractivity contribution in [2.75, 3.05) is 0 Å². The number of hydrogen-bond acceptors (Lipinski definition) is 2. The third-order valence-electron chi connectivity index (χ3n) is 1.79. The van der Waals surface area contributed by atoms with Crippen molar-refractivity contribution < 1.29 is 13.9 Å². The van der Waals surface area contributed by atoms with E-state index in [2.05, 4.69) is 0 Å². The zero-order valence-electron chi connectivity index (χ0n) is 7.87. The summed E-state index contributed by atoms with van der Waals surface area (Å²) in [7, 11) is 0. The standard InChI is InChI=1S/C10H12FNO2/c1-2-8(10(12)13)14-9-6-4-3-5-7(9)11/h3-6,8H,2H2,1H3,(H2,12,13). The average Bonchev–Trinajstić information content (AvgIpc) is 2.16. The first kappa shape index (κ1) is 10.5. The molecule has 14 heavy (non-hydrogen) atoms. The Hall–Kier alpha value is -1.58. The van der Waals surface area contributed by atoms with Crippen LogP contribution in [0.25, 0.3) is 0 Å². The van der Waals surface area contributed by atoms with Gasteiger partial charge in [0.2, 0.25) is 0 Å². The zero-order chi connectivity index (χ0) is 10.6. The number of nitrogens with two attached hydrogens (primary N) is 1. The van der Waals surface area contributed by atoms with Gasteiger partial charge in [0, 0.05) is 0 Å². The summed E-state index contributed by atoms with van der Waals surface area (Å²) < 4.78 is 18.2. The van der Waals surface area contributed by atoms with Crippen LogP contribution in [-0.4, -0.2) is 12.0 Å². The highest BCUT2D eigenvalue weighted by atomic mass is 19.1. The van der Waals surface area contributed by atoms with Crippen LogP contribution in [-0.2, 0) is 4.79 Å². The summed E-state index contributed by atoms with van der Waals surface area (Å²) in [6.45, 7) is 1.75. The predicted octanol–water partition coefficient (Wildman–Crippen LogP) is 1.47. The molecule has 0 fully saturated rings. The van der Waals surface area contributed by atoms with Gasteiger partial charge in [-0.15, -0.1) is 0 Å². The van der Waals surface area contributed by atoms with Gasteiger partial charge in [-0.05, 0) is 18.6 Å². The van der Waals surface area contributed by atoms with Crippen LogP contribution in [0, 0.1) is 5.82 Å². The van der Waals surface area contributed by atoms with E-state index in [1.165, 1.54) is 12.1 Å². The third-order valence-corrected chi connectivity index (χ3v) is 1.79. The first-order chi connectivity index (χ1) is 6.65. The Morgan fingerprint density at radius 2 is 2.21 bits per heavy atom. The van der Waals surface area contributed by atoms with Crippen molar-refractivity contribution >= 4 is 5.91 Å². The van der Waals surface area contributed by atoms with Gasteiger partial charge in [0.25, 0.3) is 5.91 Å². The molecule has 0 aliphatic rings. The molecule has 0 saturated carbocycles. The van der Waals surface area contributed by atoms with Gasteiger partial charge >= 0.3 is 0 Å². The lowest BCUT2D eigenvalue weighted by molar-refractivity contribution is -0.124. The van der Waals surface area contributed by atoms with E-state index < -0.39 is 17.8 Å². The summed E-state index contributed by atoms with van der Waals surface area (Å²) in [5.41, 5.74) is 5.06. The number of hydrogen-bond donors (Lipinski definition) is 1. The van der Waals surface area contributed by atoms with Crippen molar-refractivity contribution in [3.05, 3.63) is 30.1 Å². The molecule has 1 rings (SSSR count). The largest absolute Gasteiger partial charge is 0.478 e. The van der Waals surface area contributed by atoms with Crippen LogP contribution in [0.1, 0.15) is 13.3 Å². The number of benzene rings is 1. The Morgan fingerprint density at radius 3 is 2.71 bits per heavy atom. The number of carbonyl (C=O) groups is 1. The van der Waals surface area contributed by atoms with E-state index in [0.29, 0.717) is 6.42 Å². The highest BCUT2D eigenvalue weighted by Gasteiger charge is 2.15. The monoisotopic (exact) mass is 197 g/mol. The van der Waals surface area contributed by atoms with Gasteiger partial charge in [0.1, 0.15) is 0 Å². The van der Waals surface area contributed by atoms with Crippen molar-refractivity contribution in [2.45, 2.75) is 19.4 Å². The highest BCUT2D eigenvalue weighted by Crippen LogP contribution is 2.17. The van der Waals surface area contributed by atoms with Crippen LogP contribution in [0.2, 0.25) is 0 Å². The van der Waals surface area contributed by atoms with E-state index >= 15 is 0 Å². The molecule has 1 aromatic rings. The lowest BCUT2D eigenvalue weighted by atomic mass is 10.2. The molecule has 0 bridgehead atoms. The molecule has 4 heteroatoms. The molecule has 0 radical (unpaired) electrons. The number of primary amides is 1.